The Kier molecular flexibility index (Phi) is 1.70. The minimum Gasteiger partial charge on any atom is -0.386 e. The third-order valence-electron chi connectivity index (χ3n) is 1.76. The van der Waals surface area contributed by atoms with Crippen molar-refractivity contribution in [2.75, 3.05) is 12.4 Å². The van der Waals surface area contributed by atoms with Crippen LogP contribution in [0.4, 0.5) is 5.69 Å². The molecule has 0 bridgehead atoms. The van der Waals surface area contributed by atoms with Gasteiger partial charge in [-0.2, -0.15) is 0 Å². The normalized spacial score (nSPS) is 10.5. The number of nitrogens with zero attached hydrogens (tertiary/aromatic N) is 3. The van der Waals surface area contributed by atoms with E-state index in [0.29, 0.717) is 0 Å². The van der Waals surface area contributed by atoms with Crippen LogP contribution in [0, 0.1) is 0 Å². The van der Waals surface area contributed by atoms with Crippen LogP contribution in [0.5, 0.6) is 0 Å². The lowest BCUT2D eigenvalue weighted by atomic mass is 10.4. The molecule has 0 fully saturated rings. The average Bonchev–Trinajstić information content (AvgIpc) is 2.44. The molecule has 1 atom stereocenters. The molecule has 1 unspecified atom stereocenters. The lowest BCUT2D eigenvalue weighted by Crippen LogP contribution is -1.85. The number of nitrogens with one attached hydrogen (secondary N) is 1. The van der Waals surface area contributed by atoms with Crippen LogP contribution < -0.4 is 5.32 Å². The molecule has 0 aliphatic rings. The minimum absolute atomic E-state index is 0.916. The van der Waals surface area contributed by atoms with Crippen LogP contribution in [0.2, 0.25) is 0 Å². The Hall–Kier alpha value is -1.15. The van der Waals surface area contributed by atoms with Crippen molar-refractivity contribution in [3.63, 3.8) is 0 Å². The first-order valence-electron chi connectivity index (χ1n) is 3.57. The van der Waals surface area contributed by atoms with Gasteiger partial charge in [0.25, 0.3) is 0 Å². The van der Waals surface area contributed by atoms with E-state index in [1.54, 1.807) is 12.5 Å². The molecule has 0 aromatic carbocycles. The van der Waals surface area contributed by atoms with Crippen molar-refractivity contribution in [3.05, 3.63) is 18.7 Å². The quantitative estimate of drug-likeness (QED) is 0.668. The molecular weight excluding hydrogens is 171 g/mol. The van der Waals surface area contributed by atoms with E-state index in [0.717, 1.165) is 16.7 Å². The molecule has 2 aromatic heterocycles. The van der Waals surface area contributed by atoms with Crippen LogP contribution in [-0.4, -0.2) is 21.4 Å². The fraction of sp³-hybridized carbons (Fsp3) is 0.143. The van der Waals surface area contributed by atoms with Gasteiger partial charge in [0, 0.05) is 19.4 Å². The lowest BCUT2D eigenvalue weighted by molar-refractivity contribution is 1.18. The highest BCUT2D eigenvalue weighted by Gasteiger charge is 2.04. The van der Waals surface area contributed by atoms with Gasteiger partial charge >= 0.3 is 0 Å². The van der Waals surface area contributed by atoms with Crippen LogP contribution in [0.25, 0.3) is 11.0 Å². The molecule has 2 heterocycles. The van der Waals surface area contributed by atoms with Crippen molar-refractivity contribution in [1.29, 1.82) is 0 Å². The van der Waals surface area contributed by atoms with Crippen molar-refractivity contribution in [2.24, 2.45) is 0 Å². The summed E-state index contributed by atoms with van der Waals surface area (Å²) in [5.41, 5.74) is 1.96. The SMILES string of the molecule is CNc1cn(P)c2ncncc12. The lowest BCUT2D eigenvalue weighted by Gasteiger charge is -1.92. The Morgan fingerprint density at radius 3 is 3.17 bits per heavy atom. The van der Waals surface area contributed by atoms with Crippen molar-refractivity contribution in [2.45, 2.75) is 0 Å². The first-order valence-corrected chi connectivity index (χ1v) is 4.08. The molecule has 0 spiro atoms. The summed E-state index contributed by atoms with van der Waals surface area (Å²) in [6.07, 6.45) is 5.31. The van der Waals surface area contributed by atoms with E-state index >= 15 is 0 Å². The number of hydrogen-bond donors (Lipinski definition) is 1. The molecule has 0 radical (unpaired) electrons. The van der Waals surface area contributed by atoms with Gasteiger partial charge in [-0.3, -0.25) is 0 Å². The van der Waals surface area contributed by atoms with Gasteiger partial charge in [0.1, 0.15) is 12.0 Å². The van der Waals surface area contributed by atoms with Crippen molar-refractivity contribution in [1.82, 2.24) is 14.3 Å². The van der Waals surface area contributed by atoms with Gasteiger partial charge in [0.05, 0.1) is 11.1 Å². The van der Waals surface area contributed by atoms with Gasteiger partial charge < -0.3 is 9.65 Å². The smallest absolute Gasteiger partial charge is 0.148 e. The minimum atomic E-state index is 0.916. The first-order chi connectivity index (χ1) is 5.83. The number of aromatic nitrogens is 3. The summed E-state index contributed by atoms with van der Waals surface area (Å²) in [6, 6.07) is 0. The fourth-order valence-corrected chi connectivity index (χ4v) is 1.54. The summed E-state index contributed by atoms with van der Waals surface area (Å²) in [7, 11) is 4.46. The summed E-state index contributed by atoms with van der Waals surface area (Å²) in [6.45, 7) is 0. The zero-order chi connectivity index (χ0) is 8.55. The zero-order valence-electron chi connectivity index (χ0n) is 6.65. The molecule has 0 aliphatic carbocycles. The average molecular weight is 180 g/mol. The van der Waals surface area contributed by atoms with Crippen LogP contribution in [-0.2, 0) is 0 Å². The second-order valence-electron chi connectivity index (χ2n) is 2.46. The Bertz CT molecular complexity index is 409. The van der Waals surface area contributed by atoms with Crippen LogP contribution in [0.15, 0.2) is 18.7 Å². The fourth-order valence-electron chi connectivity index (χ4n) is 1.19. The summed E-state index contributed by atoms with van der Waals surface area (Å²) < 4.78 is 1.89. The molecule has 0 saturated heterocycles. The van der Waals surface area contributed by atoms with Crippen molar-refractivity contribution < 1.29 is 0 Å². The molecule has 0 amide bonds. The van der Waals surface area contributed by atoms with Gasteiger partial charge in [-0.15, -0.1) is 0 Å². The highest BCUT2D eigenvalue weighted by molar-refractivity contribution is 7.14. The van der Waals surface area contributed by atoms with Crippen LogP contribution in [0.1, 0.15) is 0 Å². The molecule has 0 saturated carbocycles. The van der Waals surface area contributed by atoms with Crippen molar-refractivity contribution >= 4 is 26.1 Å². The molecular formula is C7H9N4P. The van der Waals surface area contributed by atoms with E-state index in [1.165, 1.54) is 0 Å². The van der Waals surface area contributed by atoms with E-state index in [4.69, 9.17) is 0 Å². The number of fused-ring (bicyclic) bond motifs is 1. The third kappa shape index (κ3) is 0.959. The molecule has 1 N–H and O–H groups in total. The van der Waals surface area contributed by atoms with Crippen molar-refractivity contribution in [3.8, 4) is 0 Å². The van der Waals surface area contributed by atoms with Gasteiger partial charge in [0.2, 0.25) is 0 Å². The van der Waals surface area contributed by atoms with E-state index < -0.39 is 0 Å². The van der Waals surface area contributed by atoms with Gasteiger partial charge in [-0.1, -0.05) is 0 Å². The predicted octanol–water partition coefficient (Wildman–Crippen LogP) is 1.11. The largest absolute Gasteiger partial charge is 0.386 e. The molecule has 12 heavy (non-hydrogen) atoms. The molecule has 0 aliphatic heterocycles. The summed E-state index contributed by atoms with van der Waals surface area (Å²) in [4.78, 5) is 8.10. The van der Waals surface area contributed by atoms with E-state index in [-0.39, 0.29) is 0 Å². The highest BCUT2D eigenvalue weighted by Crippen LogP contribution is 2.23. The number of anilines is 1. The zero-order valence-corrected chi connectivity index (χ0v) is 7.81. The Balaban J connectivity index is 2.82. The monoisotopic (exact) mass is 180 g/mol. The highest BCUT2D eigenvalue weighted by atomic mass is 31.0. The van der Waals surface area contributed by atoms with Gasteiger partial charge in [-0.05, 0) is 9.39 Å². The first kappa shape index (κ1) is 7.50. The maximum absolute atomic E-state index is 4.14. The summed E-state index contributed by atoms with van der Waals surface area (Å²) >= 11 is 0. The Morgan fingerprint density at radius 2 is 2.42 bits per heavy atom. The van der Waals surface area contributed by atoms with Gasteiger partial charge in [0.15, 0.2) is 0 Å². The molecule has 62 valence electrons. The van der Waals surface area contributed by atoms with E-state index in [2.05, 4.69) is 24.7 Å². The van der Waals surface area contributed by atoms with Gasteiger partial charge in [-0.25, -0.2) is 9.97 Å². The second-order valence-corrected chi connectivity index (χ2v) is 3.02. The van der Waals surface area contributed by atoms with E-state index in [9.17, 15) is 0 Å². The standard InChI is InChI=1S/C7H9N4P/c1-8-6-3-11(12)7-5(6)2-9-4-10-7/h2-4,8H,12H2,1H3. The maximum Gasteiger partial charge on any atom is 0.148 e. The predicted molar refractivity (Wildman–Crippen MR) is 52.2 cm³/mol. The van der Waals surface area contributed by atoms with Crippen LogP contribution in [0.3, 0.4) is 0 Å². The molecule has 5 heteroatoms. The summed E-state index contributed by atoms with van der Waals surface area (Å²) in [5.74, 6) is 0. The summed E-state index contributed by atoms with van der Waals surface area (Å²) in [5, 5.41) is 4.11. The molecule has 4 nitrogen and oxygen atoms in total. The second kappa shape index (κ2) is 2.72. The maximum atomic E-state index is 4.14. The number of hydrogen-bond acceptors (Lipinski definition) is 3. The topological polar surface area (TPSA) is 42.7 Å². The third-order valence-corrected chi connectivity index (χ3v) is 2.16. The number of rotatable bonds is 1. The molecule has 2 aromatic rings. The van der Waals surface area contributed by atoms with Crippen LogP contribution >= 0.6 is 9.39 Å². The Morgan fingerprint density at radius 1 is 1.58 bits per heavy atom. The molecule has 2 rings (SSSR count). The van der Waals surface area contributed by atoms with E-state index in [1.807, 2.05) is 17.6 Å². The Labute approximate surface area is 72.3 Å².